The van der Waals surface area contributed by atoms with E-state index in [2.05, 4.69) is 10.3 Å². The van der Waals surface area contributed by atoms with E-state index in [1.165, 1.54) is 12.8 Å². The first-order valence-corrected chi connectivity index (χ1v) is 7.80. The Morgan fingerprint density at radius 1 is 1.47 bits per heavy atom. The van der Waals surface area contributed by atoms with Crippen LogP contribution in [0.4, 0.5) is 0 Å². The first-order valence-electron chi connectivity index (χ1n) is 6.54. The number of hydrogen-bond donors (Lipinski definition) is 1. The Hall–Kier alpha value is -0.870. The van der Waals surface area contributed by atoms with Gasteiger partial charge in [-0.15, -0.1) is 0 Å². The van der Waals surface area contributed by atoms with Gasteiger partial charge in [0.05, 0.1) is 13.7 Å². The van der Waals surface area contributed by atoms with Crippen molar-refractivity contribution in [1.82, 2.24) is 5.32 Å². The third-order valence-electron chi connectivity index (χ3n) is 3.54. The summed E-state index contributed by atoms with van der Waals surface area (Å²) in [7, 11) is 1.67. The molecule has 0 radical (unpaired) electrons. The molecule has 1 saturated carbocycles. The summed E-state index contributed by atoms with van der Waals surface area (Å²) in [5.41, 5.74) is 0.991. The van der Waals surface area contributed by atoms with Gasteiger partial charge in [-0.25, -0.2) is 0 Å². The van der Waals surface area contributed by atoms with Crippen LogP contribution in [-0.2, 0) is 6.54 Å². The molecule has 3 rings (SSSR count). The number of aliphatic imine (C=N–C) groups is 1. The maximum Gasteiger partial charge on any atom is 0.157 e. The van der Waals surface area contributed by atoms with Gasteiger partial charge in [-0.1, -0.05) is 29.4 Å². The third-order valence-corrected chi connectivity index (χ3v) is 5.23. The van der Waals surface area contributed by atoms with Crippen LogP contribution >= 0.6 is 23.4 Å². The highest BCUT2D eigenvalue weighted by molar-refractivity contribution is 8.14. The maximum atomic E-state index is 6.22. The van der Waals surface area contributed by atoms with E-state index >= 15 is 0 Å². The molecule has 2 aliphatic rings. The van der Waals surface area contributed by atoms with Gasteiger partial charge >= 0.3 is 0 Å². The molecule has 0 spiro atoms. The number of rotatable bonds is 4. The van der Waals surface area contributed by atoms with Gasteiger partial charge in [-0.2, -0.15) is 0 Å². The van der Waals surface area contributed by atoms with Crippen molar-refractivity contribution in [1.29, 1.82) is 0 Å². The van der Waals surface area contributed by atoms with E-state index in [1.54, 1.807) is 7.11 Å². The summed E-state index contributed by atoms with van der Waals surface area (Å²) >= 11 is 8.09. The molecule has 1 atom stereocenters. The predicted molar refractivity (Wildman–Crippen MR) is 81.2 cm³/mol. The Bertz CT molecular complexity index is 502. The highest BCUT2D eigenvalue weighted by Gasteiger charge is 2.35. The van der Waals surface area contributed by atoms with Crippen molar-refractivity contribution >= 4 is 28.5 Å². The van der Waals surface area contributed by atoms with E-state index in [-0.39, 0.29) is 0 Å². The summed E-state index contributed by atoms with van der Waals surface area (Å²) in [6, 6.07) is 5.72. The fraction of sp³-hybridized carbons (Fsp3) is 0.500. The van der Waals surface area contributed by atoms with Gasteiger partial charge in [0.15, 0.2) is 5.17 Å². The number of nitrogens with zero attached hydrogens (tertiary/aromatic N) is 1. The fourth-order valence-corrected chi connectivity index (χ4v) is 3.71. The molecule has 1 aromatic carbocycles. The second-order valence-corrected chi connectivity index (χ2v) is 6.55. The lowest BCUT2D eigenvalue weighted by molar-refractivity contribution is 0.409. The molecular formula is C14H17ClN2OS. The zero-order valence-corrected chi connectivity index (χ0v) is 12.4. The average molecular weight is 297 g/mol. The highest BCUT2D eigenvalue weighted by Crippen LogP contribution is 2.41. The molecule has 0 aromatic heterocycles. The molecule has 0 bridgehead atoms. The molecule has 1 fully saturated rings. The number of ether oxygens (including phenoxy) is 1. The minimum Gasteiger partial charge on any atom is -0.496 e. The van der Waals surface area contributed by atoms with Gasteiger partial charge in [-0.3, -0.25) is 4.99 Å². The Balaban J connectivity index is 1.60. The topological polar surface area (TPSA) is 33.6 Å². The Labute approximate surface area is 122 Å². The van der Waals surface area contributed by atoms with Crippen molar-refractivity contribution < 1.29 is 4.74 Å². The van der Waals surface area contributed by atoms with Crippen molar-refractivity contribution in [3.05, 3.63) is 28.8 Å². The number of methoxy groups -OCH3 is 1. The lowest BCUT2D eigenvalue weighted by Crippen LogP contribution is -2.19. The van der Waals surface area contributed by atoms with Crippen molar-refractivity contribution in [2.75, 3.05) is 13.7 Å². The summed E-state index contributed by atoms with van der Waals surface area (Å²) in [6.07, 6.45) is 2.75. The van der Waals surface area contributed by atoms with Gasteiger partial charge in [0, 0.05) is 22.4 Å². The van der Waals surface area contributed by atoms with Gasteiger partial charge in [0.2, 0.25) is 0 Å². The number of thioether (sulfide) groups is 1. The number of benzene rings is 1. The molecule has 19 heavy (non-hydrogen) atoms. The van der Waals surface area contributed by atoms with Crippen LogP contribution in [-0.4, -0.2) is 24.1 Å². The van der Waals surface area contributed by atoms with Gasteiger partial charge in [-0.05, 0) is 30.9 Å². The monoisotopic (exact) mass is 296 g/mol. The van der Waals surface area contributed by atoms with Crippen LogP contribution in [0.15, 0.2) is 23.2 Å². The molecule has 1 aliphatic carbocycles. The molecule has 102 valence electrons. The molecule has 5 heteroatoms. The third kappa shape index (κ3) is 3.00. The fourth-order valence-electron chi connectivity index (χ4n) is 2.27. The zero-order valence-electron chi connectivity index (χ0n) is 10.9. The van der Waals surface area contributed by atoms with E-state index in [1.807, 2.05) is 30.0 Å². The summed E-state index contributed by atoms with van der Waals surface area (Å²) in [4.78, 5) is 4.56. The number of halogens is 1. The Morgan fingerprint density at radius 2 is 2.32 bits per heavy atom. The lowest BCUT2D eigenvalue weighted by atomic mass is 10.2. The molecule has 1 heterocycles. The van der Waals surface area contributed by atoms with Gasteiger partial charge < -0.3 is 10.1 Å². The van der Waals surface area contributed by atoms with Crippen molar-refractivity contribution in [3.63, 3.8) is 0 Å². The van der Waals surface area contributed by atoms with Crippen LogP contribution in [0.5, 0.6) is 5.75 Å². The molecule has 1 aliphatic heterocycles. The normalized spacial score (nSPS) is 22.2. The lowest BCUT2D eigenvalue weighted by Gasteiger charge is -2.12. The maximum absolute atomic E-state index is 6.22. The quantitative estimate of drug-likeness (QED) is 0.925. The zero-order chi connectivity index (χ0) is 13.2. The van der Waals surface area contributed by atoms with Crippen molar-refractivity contribution in [2.24, 2.45) is 10.9 Å². The Kier molecular flexibility index (Phi) is 3.89. The van der Waals surface area contributed by atoms with E-state index in [0.29, 0.717) is 11.8 Å². The van der Waals surface area contributed by atoms with Crippen LogP contribution in [0.25, 0.3) is 0 Å². The van der Waals surface area contributed by atoms with E-state index in [4.69, 9.17) is 16.3 Å². The van der Waals surface area contributed by atoms with Crippen molar-refractivity contribution in [3.8, 4) is 5.75 Å². The largest absolute Gasteiger partial charge is 0.496 e. The minimum atomic E-state index is 0.659. The van der Waals surface area contributed by atoms with Gasteiger partial charge in [0.25, 0.3) is 0 Å². The van der Waals surface area contributed by atoms with Crippen LogP contribution < -0.4 is 10.1 Å². The summed E-state index contributed by atoms with van der Waals surface area (Å²) in [6.45, 7) is 1.61. The van der Waals surface area contributed by atoms with Gasteiger partial charge in [0.1, 0.15) is 5.75 Å². The summed E-state index contributed by atoms with van der Waals surface area (Å²) < 4.78 is 5.34. The molecule has 1 aromatic rings. The number of amidine groups is 1. The molecule has 0 amide bonds. The number of hydrogen-bond acceptors (Lipinski definition) is 4. The summed E-state index contributed by atoms with van der Waals surface area (Å²) in [5, 5.41) is 5.84. The SMILES string of the molecule is COc1cccc(Cl)c1CNC1=NCC(C2CC2)S1. The van der Waals surface area contributed by atoms with Crippen LogP contribution in [0.2, 0.25) is 5.02 Å². The van der Waals surface area contributed by atoms with Crippen LogP contribution in [0, 0.1) is 5.92 Å². The van der Waals surface area contributed by atoms with E-state index < -0.39 is 0 Å². The van der Waals surface area contributed by atoms with Crippen molar-refractivity contribution in [2.45, 2.75) is 24.6 Å². The average Bonchev–Trinajstić information content (AvgIpc) is 3.17. The van der Waals surface area contributed by atoms with E-state index in [0.717, 1.165) is 34.0 Å². The molecule has 0 saturated heterocycles. The van der Waals surface area contributed by atoms with Crippen LogP contribution in [0.1, 0.15) is 18.4 Å². The standard InChI is InChI=1S/C14H17ClN2OS/c1-18-12-4-2-3-11(15)10(12)7-16-14-17-8-13(19-14)9-5-6-9/h2-4,9,13H,5-8H2,1H3,(H,16,17). The highest BCUT2D eigenvalue weighted by atomic mass is 35.5. The molecule has 3 nitrogen and oxygen atoms in total. The predicted octanol–water partition coefficient (Wildman–Crippen LogP) is 3.32. The number of nitrogens with one attached hydrogen (secondary N) is 1. The first-order chi connectivity index (χ1) is 9.28. The van der Waals surface area contributed by atoms with E-state index in [9.17, 15) is 0 Å². The molecule has 1 N–H and O–H groups in total. The molecular weight excluding hydrogens is 280 g/mol. The first kappa shape index (κ1) is 13.1. The van der Waals surface area contributed by atoms with Crippen LogP contribution in [0.3, 0.4) is 0 Å². The smallest absolute Gasteiger partial charge is 0.157 e. The second-order valence-electron chi connectivity index (χ2n) is 4.91. The minimum absolute atomic E-state index is 0.659. The molecule has 1 unspecified atom stereocenters. The Morgan fingerprint density at radius 3 is 3.05 bits per heavy atom. The summed E-state index contributed by atoms with van der Waals surface area (Å²) in [5.74, 6) is 1.71. The second kappa shape index (κ2) is 5.63.